The van der Waals surface area contributed by atoms with Crippen molar-refractivity contribution in [3.8, 4) is 5.88 Å². The van der Waals surface area contributed by atoms with Crippen LogP contribution in [0.3, 0.4) is 0 Å². The van der Waals surface area contributed by atoms with E-state index in [1.165, 1.54) is 11.8 Å². The number of carbonyl (C=O) groups excluding carboxylic acids is 2. The van der Waals surface area contributed by atoms with Crippen LogP contribution >= 0.6 is 0 Å². The van der Waals surface area contributed by atoms with E-state index in [9.17, 15) is 9.59 Å². The molecule has 7 nitrogen and oxygen atoms in total. The van der Waals surface area contributed by atoms with Crippen LogP contribution in [0.15, 0.2) is 42.6 Å². The first kappa shape index (κ1) is 20.3. The molecule has 0 saturated carbocycles. The first-order valence-corrected chi connectivity index (χ1v) is 10.4. The number of nitrogens with zero attached hydrogens (tertiary/aromatic N) is 4. The van der Waals surface area contributed by atoms with Gasteiger partial charge in [-0.05, 0) is 25.0 Å². The van der Waals surface area contributed by atoms with Gasteiger partial charge in [0.25, 0.3) is 5.91 Å². The van der Waals surface area contributed by atoms with Crippen LogP contribution in [0.2, 0.25) is 0 Å². The Balaban J connectivity index is 1.48. The lowest BCUT2D eigenvalue weighted by Gasteiger charge is -2.40. The van der Waals surface area contributed by atoms with Gasteiger partial charge >= 0.3 is 0 Å². The molecule has 0 spiro atoms. The van der Waals surface area contributed by atoms with E-state index in [2.05, 4.69) is 35.0 Å². The van der Waals surface area contributed by atoms with Crippen molar-refractivity contribution in [3.05, 3.63) is 59.3 Å². The van der Waals surface area contributed by atoms with Crippen molar-refractivity contribution >= 4 is 11.8 Å². The molecule has 2 saturated heterocycles. The van der Waals surface area contributed by atoms with E-state index in [1.807, 2.05) is 11.0 Å². The highest BCUT2D eigenvalue weighted by Gasteiger charge is 2.38. The Morgan fingerprint density at radius 1 is 1.17 bits per heavy atom. The third kappa shape index (κ3) is 4.31. The van der Waals surface area contributed by atoms with E-state index in [-0.39, 0.29) is 17.9 Å². The number of pyridine rings is 1. The zero-order valence-corrected chi connectivity index (χ0v) is 17.6. The monoisotopic (exact) mass is 408 g/mol. The highest BCUT2D eigenvalue weighted by molar-refractivity contribution is 5.94. The second-order valence-electron chi connectivity index (χ2n) is 7.99. The summed E-state index contributed by atoms with van der Waals surface area (Å²) in [5.41, 5.74) is 2.85. The zero-order chi connectivity index (χ0) is 21.1. The number of piperazine rings is 1. The fourth-order valence-electron chi connectivity index (χ4n) is 4.29. The maximum atomic E-state index is 13.3. The average molecular weight is 409 g/mol. The summed E-state index contributed by atoms with van der Waals surface area (Å²) >= 11 is 0. The number of carbonyl (C=O) groups is 2. The summed E-state index contributed by atoms with van der Waals surface area (Å²) in [6.45, 7) is 6.12. The van der Waals surface area contributed by atoms with E-state index in [4.69, 9.17) is 4.74 Å². The molecular weight excluding hydrogens is 380 g/mol. The summed E-state index contributed by atoms with van der Waals surface area (Å²) in [6.07, 6.45) is 2.40. The second-order valence-corrected chi connectivity index (χ2v) is 7.99. The Hall–Kier alpha value is -2.93. The SMILES string of the molecule is COc1ccc(C(=O)N2CCCN3CCN(Cc4cccc(C)c4)C(=O)C3C2)cn1. The number of benzene rings is 1. The molecule has 30 heavy (non-hydrogen) atoms. The Labute approximate surface area is 177 Å². The van der Waals surface area contributed by atoms with Crippen LogP contribution in [0, 0.1) is 6.92 Å². The van der Waals surface area contributed by atoms with Crippen molar-refractivity contribution in [2.45, 2.75) is 25.9 Å². The maximum absolute atomic E-state index is 13.3. The molecule has 0 aliphatic carbocycles. The molecule has 1 aromatic heterocycles. The Bertz CT molecular complexity index is 915. The molecule has 0 N–H and O–H groups in total. The van der Waals surface area contributed by atoms with Crippen molar-refractivity contribution in [3.63, 3.8) is 0 Å². The molecule has 2 amide bonds. The summed E-state index contributed by atoms with van der Waals surface area (Å²) in [7, 11) is 1.55. The minimum absolute atomic E-state index is 0.0874. The lowest BCUT2D eigenvalue weighted by atomic mass is 10.1. The molecule has 2 aliphatic rings. The normalized spacial score (nSPS) is 19.9. The van der Waals surface area contributed by atoms with Crippen LogP contribution in [0.1, 0.15) is 27.9 Å². The van der Waals surface area contributed by atoms with Gasteiger partial charge in [-0.2, -0.15) is 0 Å². The van der Waals surface area contributed by atoms with Crippen molar-refractivity contribution in [2.75, 3.05) is 39.8 Å². The molecule has 0 radical (unpaired) electrons. The fraction of sp³-hybridized carbons (Fsp3) is 0.435. The third-order valence-electron chi connectivity index (χ3n) is 5.90. The van der Waals surface area contributed by atoms with Gasteiger partial charge in [-0.3, -0.25) is 14.5 Å². The van der Waals surface area contributed by atoms with Crippen LogP contribution in [0.5, 0.6) is 5.88 Å². The van der Waals surface area contributed by atoms with E-state index in [1.54, 1.807) is 24.1 Å². The average Bonchev–Trinajstić information content (AvgIpc) is 2.98. The van der Waals surface area contributed by atoms with Crippen LogP contribution in [0.4, 0.5) is 0 Å². The van der Waals surface area contributed by atoms with Gasteiger partial charge < -0.3 is 14.5 Å². The van der Waals surface area contributed by atoms with Crippen LogP contribution in [0.25, 0.3) is 0 Å². The number of rotatable bonds is 4. The number of amides is 2. The van der Waals surface area contributed by atoms with Crippen molar-refractivity contribution < 1.29 is 14.3 Å². The molecule has 2 aromatic rings. The molecule has 7 heteroatoms. The minimum Gasteiger partial charge on any atom is -0.481 e. The number of ether oxygens (including phenoxy) is 1. The van der Waals surface area contributed by atoms with Gasteiger partial charge in [0.2, 0.25) is 11.8 Å². The Morgan fingerprint density at radius 3 is 2.77 bits per heavy atom. The molecule has 2 aliphatic heterocycles. The molecule has 158 valence electrons. The van der Waals surface area contributed by atoms with Crippen molar-refractivity contribution in [2.24, 2.45) is 0 Å². The van der Waals surface area contributed by atoms with E-state index in [0.29, 0.717) is 31.1 Å². The van der Waals surface area contributed by atoms with E-state index < -0.39 is 0 Å². The van der Waals surface area contributed by atoms with Crippen LogP contribution in [-0.2, 0) is 11.3 Å². The fourth-order valence-corrected chi connectivity index (χ4v) is 4.29. The number of hydrogen-bond donors (Lipinski definition) is 0. The molecular formula is C23H28N4O3. The summed E-state index contributed by atoms with van der Waals surface area (Å²) in [5.74, 6) is 0.494. The molecule has 1 aromatic carbocycles. The minimum atomic E-state index is -0.291. The zero-order valence-electron chi connectivity index (χ0n) is 17.6. The number of aromatic nitrogens is 1. The predicted molar refractivity (Wildman–Crippen MR) is 113 cm³/mol. The summed E-state index contributed by atoms with van der Waals surface area (Å²) in [4.78, 5) is 36.5. The molecule has 4 rings (SSSR count). The van der Waals surface area contributed by atoms with Gasteiger partial charge in [-0.25, -0.2) is 4.98 Å². The van der Waals surface area contributed by atoms with Gasteiger partial charge in [0.15, 0.2) is 0 Å². The highest BCUT2D eigenvalue weighted by Crippen LogP contribution is 2.21. The smallest absolute Gasteiger partial charge is 0.255 e. The maximum Gasteiger partial charge on any atom is 0.255 e. The number of fused-ring (bicyclic) bond motifs is 1. The van der Waals surface area contributed by atoms with Crippen LogP contribution in [-0.4, -0.2) is 77.4 Å². The standard InChI is InChI=1S/C23H28N4O3/c1-17-5-3-6-18(13-17)15-27-12-11-25-9-4-10-26(16-20(25)23(27)29)22(28)19-7-8-21(30-2)24-14-19/h3,5-8,13-14,20H,4,9-12,15-16H2,1-2H3. The quantitative estimate of drug-likeness (QED) is 0.774. The van der Waals surface area contributed by atoms with Gasteiger partial charge in [0, 0.05) is 51.5 Å². The second kappa shape index (κ2) is 8.83. The third-order valence-corrected chi connectivity index (χ3v) is 5.90. The number of aryl methyl sites for hydroxylation is 1. The van der Waals surface area contributed by atoms with Gasteiger partial charge in [-0.15, -0.1) is 0 Å². The molecule has 1 unspecified atom stereocenters. The number of hydrogen-bond acceptors (Lipinski definition) is 5. The number of methoxy groups -OCH3 is 1. The first-order valence-electron chi connectivity index (χ1n) is 10.4. The molecule has 3 heterocycles. The highest BCUT2D eigenvalue weighted by atomic mass is 16.5. The van der Waals surface area contributed by atoms with Gasteiger partial charge in [-0.1, -0.05) is 29.8 Å². The molecule has 1 atom stereocenters. The van der Waals surface area contributed by atoms with Crippen molar-refractivity contribution in [1.82, 2.24) is 19.7 Å². The summed E-state index contributed by atoms with van der Waals surface area (Å²) < 4.78 is 5.07. The predicted octanol–water partition coefficient (Wildman–Crippen LogP) is 1.96. The summed E-state index contributed by atoms with van der Waals surface area (Å²) in [5, 5.41) is 0. The first-order chi connectivity index (χ1) is 14.5. The largest absolute Gasteiger partial charge is 0.481 e. The summed E-state index contributed by atoms with van der Waals surface area (Å²) in [6, 6.07) is 11.4. The molecule has 2 fully saturated rings. The van der Waals surface area contributed by atoms with E-state index >= 15 is 0 Å². The van der Waals surface area contributed by atoms with Gasteiger partial charge in [0.1, 0.15) is 6.04 Å². The Morgan fingerprint density at radius 2 is 2.03 bits per heavy atom. The molecule has 0 bridgehead atoms. The lowest BCUT2D eigenvalue weighted by Crippen LogP contribution is -2.59. The van der Waals surface area contributed by atoms with Crippen LogP contribution < -0.4 is 4.74 Å². The Kier molecular flexibility index (Phi) is 5.99. The lowest BCUT2D eigenvalue weighted by molar-refractivity contribution is -0.142. The van der Waals surface area contributed by atoms with E-state index in [0.717, 1.165) is 31.6 Å². The topological polar surface area (TPSA) is 66.0 Å². The van der Waals surface area contributed by atoms with Gasteiger partial charge in [0.05, 0.1) is 12.7 Å². The van der Waals surface area contributed by atoms with Crippen molar-refractivity contribution in [1.29, 1.82) is 0 Å².